The molecule has 4 amide bonds. The minimum atomic E-state index is -1.03. The molecule has 0 spiro atoms. The number of carbonyl (C=O) groups is 7. The highest BCUT2D eigenvalue weighted by molar-refractivity contribution is 5.91. The topological polar surface area (TPSA) is 438 Å². The fourth-order valence-corrected chi connectivity index (χ4v) is 14.2. The molecule has 6 aromatic carbocycles. The normalized spacial score (nSPS) is 14.0. The second-order valence-corrected chi connectivity index (χ2v) is 26.8. The van der Waals surface area contributed by atoms with E-state index in [9.17, 15) is 33.6 Å². The van der Waals surface area contributed by atoms with Crippen molar-refractivity contribution in [3.63, 3.8) is 0 Å². The Morgan fingerprint density at radius 1 is 0.345 bits per heavy atom. The Bertz CT molecular complexity index is 5070. The van der Waals surface area contributed by atoms with E-state index in [4.69, 9.17) is 38.3 Å². The number of carboxylic acid groups (broad SMARTS) is 3. The number of benzene rings is 6. The number of nitrogens with one attached hydrogen (secondary N) is 4. The van der Waals surface area contributed by atoms with Crippen LogP contribution in [0.15, 0.2) is 213 Å². The first-order chi connectivity index (χ1) is 53.5. The Morgan fingerprint density at radius 3 is 0.982 bits per heavy atom. The predicted octanol–water partition coefficient (Wildman–Crippen LogP) is 8.92. The van der Waals surface area contributed by atoms with Crippen molar-refractivity contribution in [2.45, 2.75) is 82.5 Å². The Morgan fingerprint density at radius 2 is 0.664 bits per heavy atom. The van der Waals surface area contributed by atoms with Gasteiger partial charge in [-0.3, -0.25) is 49.5 Å². The Hall–Kier alpha value is -13.4. The van der Waals surface area contributed by atoms with Crippen molar-refractivity contribution < 1.29 is 48.9 Å². The molecule has 0 saturated carbocycles. The monoisotopic (exact) mass is 1480 g/mol. The third kappa shape index (κ3) is 16.3. The molecular formula is C82H80N18O10. The van der Waals surface area contributed by atoms with E-state index in [1.165, 1.54) is 12.3 Å². The molecule has 10 heterocycles. The first-order valence-corrected chi connectivity index (χ1v) is 35.7. The van der Waals surface area contributed by atoms with Gasteiger partial charge in [-0.1, -0.05) is 152 Å². The third-order valence-electron chi connectivity index (χ3n) is 20.0. The number of amides is 4. The predicted molar refractivity (Wildman–Crippen MR) is 407 cm³/mol. The summed E-state index contributed by atoms with van der Waals surface area (Å²) in [5.74, 6) is -4.34. The van der Waals surface area contributed by atoms with Gasteiger partial charge in [0.2, 0.25) is 23.6 Å². The van der Waals surface area contributed by atoms with Gasteiger partial charge >= 0.3 is 17.9 Å². The van der Waals surface area contributed by atoms with Crippen LogP contribution in [0.5, 0.6) is 0 Å². The van der Waals surface area contributed by atoms with Gasteiger partial charge < -0.3 is 57.9 Å². The summed E-state index contributed by atoms with van der Waals surface area (Å²) in [6, 6.07) is 58.8. The molecule has 28 nitrogen and oxygen atoms in total. The number of hydrogen-bond acceptors (Lipinski definition) is 17. The average molecular weight is 1480 g/mol. The number of nitrogens with two attached hydrogens (primary N) is 4. The summed E-state index contributed by atoms with van der Waals surface area (Å²) >= 11 is 0. The molecule has 4 aliphatic heterocycles. The Kier molecular flexibility index (Phi) is 23.1. The molecule has 16 rings (SSSR count). The number of rotatable bonds is 20. The van der Waals surface area contributed by atoms with Crippen LogP contribution in [0.25, 0.3) is 45.2 Å². The van der Waals surface area contributed by atoms with Gasteiger partial charge in [-0.2, -0.15) is 20.4 Å². The van der Waals surface area contributed by atoms with E-state index in [-0.39, 0.29) is 71.2 Å². The molecule has 15 N–H and O–H groups in total. The van der Waals surface area contributed by atoms with E-state index >= 15 is 0 Å². The molecule has 0 radical (unpaired) electrons. The first-order valence-electron chi connectivity index (χ1n) is 35.7. The van der Waals surface area contributed by atoms with Crippen LogP contribution in [0.3, 0.4) is 0 Å². The van der Waals surface area contributed by atoms with Gasteiger partial charge in [-0.25, -0.2) is 14.4 Å². The largest absolute Gasteiger partial charge is 0.478 e. The van der Waals surface area contributed by atoms with E-state index in [0.717, 1.165) is 101 Å². The molecule has 4 atom stereocenters. The number of fused-ring (bicyclic) bond motifs is 4. The van der Waals surface area contributed by atoms with Gasteiger partial charge in [0.15, 0.2) is 0 Å². The fourth-order valence-electron chi connectivity index (χ4n) is 14.2. The van der Waals surface area contributed by atoms with Gasteiger partial charge in [0.1, 0.15) is 5.69 Å². The highest BCUT2D eigenvalue weighted by atomic mass is 16.4. The fraction of sp³-hybridized carbons (Fsp3) is 0.207. The zero-order valence-electron chi connectivity index (χ0n) is 59.7. The van der Waals surface area contributed by atoms with Crippen LogP contribution in [-0.4, -0.2) is 153 Å². The van der Waals surface area contributed by atoms with Gasteiger partial charge in [0.05, 0.1) is 138 Å². The Balaban J connectivity index is 0.000000129. The van der Waals surface area contributed by atoms with E-state index in [1.54, 1.807) is 81.7 Å². The van der Waals surface area contributed by atoms with Crippen molar-refractivity contribution in [2.24, 2.45) is 22.9 Å². The van der Waals surface area contributed by atoms with Crippen LogP contribution >= 0.6 is 0 Å². The quantitative estimate of drug-likeness (QED) is 0.0339. The molecule has 0 aliphatic carbocycles. The van der Waals surface area contributed by atoms with Crippen molar-refractivity contribution in [1.82, 2.24) is 70.4 Å². The van der Waals surface area contributed by atoms with Crippen LogP contribution in [0.2, 0.25) is 0 Å². The second-order valence-electron chi connectivity index (χ2n) is 26.8. The number of carboxylic acids is 3. The molecule has 28 heteroatoms. The lowest BCUT2D eigenvalue weighted by molar-refractivity contribution is -0.134. The lowest BCUT2D eigenvalue weighted by Crippen LogP contribution is -2.34. The summed E-state index contributed by atoms with van der Waals surface area (Å²) in [6.45, 7) is 4.95. The summed E-state index contributed by atoms with van der Waals surface area (Å²) in [7, 11) is 0. The number of hydrogen-bond donors (Lipinski definition) is 11. The van der Waals surface area contributed by atoms with Crippen LogP contribution in [0, 0.1) is 0 Å². The first kappa shape index (κ1) is 74.8. The standard InChI is InChI=1S/C21H21N5O3.C21H20N4O3.C20H19N5O3.C20H20N4O/c22-8-7-16(15-2-1-9-23-10-15)20(27)26-11-17-18(12-26)24-25-19(17)13-3-5-14(6-4-13)21(28)29;22-10-16(13-4-2-1-3-5-13)20(26)25-11-17-18(12-25)23-24-19(17)14-6-8-15(9-7-14)21(27)28;21-8-14(12-4-2-1-3-5-12)19(26)25-10-15-17(11-25)23-24-18(15)16-7-6-13(9-22-16)20(27)28;21-11-16(14-7-3-1-4-8-14)20(25)24-12-17-18(13-24)22-23-19(17)15-9-5-2-6-10-15/h1-6,9-10,16H,7-8,11-12,22H2,(H,24,25)(H,28,29);1-9,16H,10-12,22H2,(H,23,24)(H,27,28);1-7,9,14H,8,10-11,21H2,(H,23,24)(H,27,28);1-10,16H,11-13,21H2,(H,22,23). The average Bonchev–Trinajstić information content (AvgIpc) is 1.65. The van der Waals surface area contributed by atoms with Crippen molar-refractivity contribution in [3.8, 4) is 45.2 Å². The zero-order chi connectivity index (χ0) is 77.0. The van der Waals surface area contributed by atoms with Crippen molar-refractivity contribution in [1.29, 1.82) is 0 Å². The molecule has 4 unspecified atom stereocenters. The number of carbonyl (C=O) groups excluding carboxylic acids is 4. The molecule has 110 heavy (non-hydrogen) atoms. The van der Waals surface area contributed by atoms with Crippen LogP contribution in [0.4, 0.5) is 0 Å². The van der Waals surface area contributed by atoms with Crippen LogP contribution in [0.1, 0.15) is 128 Å². The third-order valence-corrected chi connectivity index (χ3v) is 20.0. The molecule has 6 aromatic heterocycles. The summed E-state index contributed by atoms with van der Waals surface area (Å²) in [6.07, 6.45) is 5.25. The van der Waals surface area contributed by atoms with E-state index < -0.39 is 23.8 Å². The van der Waals surface area contributed by atoms with Gasteiger partial charge in [-0.15, -0.1) is 0 Å². The molecule has 558 valence electrons. The van der Waals surface area contributed by atoms with Gasteiger partial charge in [0.25, 0.3) is 0 Å². The van der Waals surface area contributed by atoms with E-state index in [0.29, 0.717) is 83.3 Å². The Labute approximate surface area is 631 Å². The highest BCUT2D eigenvalue weighted by Crippen LogP contribution is 2.38. The van der Waals surface area contributed by atoms with Crippen LogP contribution in [-0.2, 0) is 71.5 Å². The number of pyridine rings is 2. The van der Waals surface area contributed by atoms with Gasteiger partial charge in [0, 0.05) is 77.2 Å². The molecule has 0 saturated heterocycles. The minimum absolute atomic E-state index is 0.00882. The second kappa shape index (κ2) is 34.0. The maximum Gasteiger partial charge on any atom is 0.337 e. The summed E-state index contributed by atoms with van der Waals surface area (Å²) in [4.78, 5) is 101. The number of aromatic nitrogens is 10. The summed E-state index contributed by atoms with van der Waals surface area (Å²) < 4.78 is 0. The lowest BCUT2D eigenvalue weighted by atomic mass is 9.95. The smallest absolute Gasteiger partial charge is 0.337 e. The van der Waals surface area contributed by atoms with Crippen LogP contribution < -0.4 is 22.9 Å². The van der Waals surface area contributed by atoms with Crippen molar-refractivity contribution >= 4 is 41.5 Å². The highest BCUT2D eigenvalue weighted by Gasteiger charge is 2.38. The molecule has 0 bridgehead atoms. The van der Waals surface area contributed by atoms with Gasteiger partial charge in [-0.05, 0) is 77.7 Å². The number of nitrogens with zero attached hydrogens (tertiary/aromatic N) is 10. The molecular weight excluding hydrogens is 1400 g/mol. The number of H-pyrrole nitrogens is 4. The van der Waals surface area contributed by atoms with Crippen molar-refractivity contribution in [2.75, 3.05) is 26.2 Å². The lowest BCUT2D eigenvalue weighted by Gasteiger charge is -2.23. The maximum atomic E-state index is 13.2. The SMILES string of the molecule is NCC(C(=O)N1Cc2[nH]nc(-c3ccc(C(=O)O)cc3)c2C1)c1ccccc1.NCC(C(=O)N1Cc2[nH]nc(-c3ccc(C(=O)O)cn3)c2C1)c1ccccc1.NCC(C(=O)N1Cc2[nH]nc(-c3ccccc3)c2C1)c1ccccc1.NCCC(C(=O)N1Cc2[nH]nc(-c3ccc(C(=O)O)cc3)c2C1)c1cccnc1. The maximum absolute atomic E-state index is 13.2. The van der Waals surface area contributed by atoms with Crippen molar-refractivity contribution in [3.05, 3.63) is 297 Å². The zero-order valence-corrected chi connectivity index (χ0v) is 59.7. The van der Waals surface area contributed by atoms with E-state index in [1.807, 2.05) is 138 Å². The number of aromatic amines is 4. The summed E-state index contributed by atoms with van der Waals surface area (Å²) in [5, 5.41) is 56.7. The van der Waals surface area contributed by atoms with E-state index in [2.05, 4.69) is 50.8 Å². The molecule has 12 aromatic rings. The molecule has 4 aliphatic rings. The number of aromatic carboxylic acids is 3. The minimum Gasteiger partial charge on any atom is -0.478 e. The molecule has 0 fully saturated rings. The summed E-state index contributed by atoms with van der Waals surface area (Å²) in [5.41, 5.74) is 41.5.